The molecule has 0 amide bonds. The summed E-state index contributed by atoms with van der Waals surface area (Å²) in [4.78, 5) is 0. The van der Waals surface area contributed by atoms with Crippen molar-refractivity contribution in [1.29, 1.82) is 5.26 Å². The summed E-state index contributed by atoms with van der Waals surface area (Å²) in [6.45, 7) is -0.171. The Hall–Kier alpha value is -2.82. The highest BCUT2D eigenvalue weighted by Gasteiger charge is 2.06. The molecular formula is C17H12FNO2. The van der Waals surface area contributed by atoms with Gasteiger partial charge in [-0.2, -0.15) is 5.26 Å². The van der Waals surface area contributed by atoms with Gasteiger partial charge in [-0.1, -0.05) is 24.0 Å². The second kappa shape index (κ2) is 7.09. The van der Waals surface area contributed by atoms with Gasteiger partial charge in [0, 0.05) is 5.56 Å². The molecule has 1 N–H and O–H groups in total. The quantitative estimate of drug-likeness (QED) is 0.880. The molecule has 0 aliphatic heterocycles. The third-order valence-corrected chi connectivity index (χ3v) is 2.76. The van der Waals surface area contributed by atoms with E-state index in [0.717, 1.165) is 0 Å². The van der Waals surface area contributed by atoms with E-state index in [-0.39, 0.29) is 13.2 Å². The lowest BCUT2D eigenvalue weighted by atomic mass is 10.1. The molecule has 0 aliphatic carbocycles. The van der Waals surface area contributed by atoms with E-state index in [9.17, 15) is 4.39 Å². The van der Waals surface area contributed by atoms with Crippen molar-refractivity contribution in [3.63, 3.8) is 0 Å². The summed E-state index contributed by atoms with van der Waals surface area (Å²) < 4.78 is 18.9. The molecule has 3 nitrogen and oxygen atoms in total. The summed E-state index contributed by atoms with van der Waals surface area (Å²) in [7, 11) is 0. The molecule has 0 aromatic heterocycles. The van der Waals surface area contributed by atoms with Gasteiger partial charge in [-0.05, 0) is 30.3 Å². The molecule has 0 unspecified atom stereocenters. The Morgan fingerprint density at radius 1 is 1.14 bits per heavy atom. The van der Waals surface area contributed by atoms with Gasteiger partial charge in [0.15, 0.2) is 0 Å². The molecule has 0 bridgehead atoms. The number of halogens is 1. The van der Waals surface area contributed by atoms with Crippen molar-refractivity contribution in [3.8, 4) is 23.7 Å². The average molecular weight is 281 g/mol. The number of benzene rings is 2. The van der Waals surface area contributed by atoms with Crippen molar-refractivity contribution in [2.45, 2.75) is 6.61 Å². The molecule has 2 rings (SSSR count). The number of rotatable bonds is 3. The van der Waals surface area contributed by atoms with E-state index in [4.69, 9.17) is 15.1 Å². The van der Waals surface area contributed by atoms with E-state index in [0.29, 0.717) is 22.4 Å². The number of nitriles is 1. The normalized spacial score (nSPS) is 9.38. The van der Waals surface area contributed by atoms with Gasteiger partial charge in [0.05, 0.1) is 17.2 Å². The fourth-order valence-electron chi connectivity index (χ4n) is 1.78. The molecule has 104 valence electrons. The predicted molar refractivity (Wildman–Crippen MR) is 75.9 cm³/mol. The van der Waals surface area contributed by atoms with Crippen molar-refractivity contribution in [2.75, 3.05) is 6.61 Å². The highest BCUT2D eigenvalue weighted by atomic mass is 19.1. The van der Waals surface area contributed by atoms with Crippen LogP contribution in [0.1, 0.15) is 16.7 Å². The highest BCUT2D eigenvalue weighted by Crippen LogP contribution is 2.19. The minimum Gasteiger partial charge on any atom is -0.488 e. The Morgan fingerprint density at radius 2 is 1.95 bits per heavy atom. The number of hydrogen-bond acceptors (Lipinski definition) is 3. The summed E-state index contributed by atoms with van der Waals surface area (Å²) in [6, 6.07) is 13.0. The Morgan fingerprint density at radius 3 is 2.71 bits per heavy atom. The highest BCUT2D eigenvalue weighted by molar-refractivity contribution is 5.46. The molecule has 0 radical (unpaired) electrons. The summed E-state index contributed by atoms with van der Waals surface area (Å²) in [5, 5.41) is 17.7. The third kappa shape index (κ3) is 3.82. The smallest absolute Gasteiger partial charge is 0.135 e. The van der Waals surface area contributed by atoms with Gasteiger partial charge in [-0.3, -0.25) is 0 Å². The first kappa shape index (κ1) is 14.6. The number of aliphatic hydroxyl groups is 1. The first-order valence-electron chi connectivity index (χ1n) is 6.24. The monoisotopic (exact) mass is 281 g/mol. The number of ether oxygens (including phenoxy) is 1. The Kier molecular flexibility index (Phi) is 4.93. The molecule has 0 fully saturated rings. The van der Waals surface area contributed by atoms with Gasteiger partial charge in [0.2, 0.25) is 0 Å². The van der Waals surface area contributed by atoms with Gasteiger partial charge >= 0.3 is 0 Å². The predicted octanol–water partition coefficient (Wildman–Crippen LogP) is 2.62. The van der Waals surface area contributed by atoms with Gasteiger partial charge in [0.25, 0.3) is 0 Å². The van der Waals surface area contributed by atoms with Crippen LogP contribution in [0, 0.1) is 29.0 Å². The first-order chi connectivity index (χ1) is 10.2. The maximum Gasteiger partial charge on any atom is 0.135 e. The lowest BCUT2D eigenvalue weighted by Gasteiger charge is -2.09. The van der Waals surface area contributed by atoms with Crippen LogP contribution in [0.15, 0.2) is 42.5 Å². The lowest BCUT2D eigenvalue weighted by Crippen LogP contribution is -2.00. The van der Waals surface area contributed by atoms with Crippen molar-refractivity contribution < 1.29 is 14.2 Å². The Labute approximate surface area is 122 Å². The molecule has 0 aliphatic rings. The molecule has 0 heterocycles. The van der Waals surface area contributed by atoms with Crippen LogP contribution in [0.4, 0.5) is 4.39 Å². The maximum absolute atomic E-state index is 13.2. The largest absolute Gasteiger partial charge is 0.488 e. The maximum atomic E-state index is 13.2. The number of nitrogens with zero attached hydrogens (tertiary/aromatic N) is 1. The van der Waals surface area contributed by atoms with Crippen LogP contribution in [0.25, 0.3) is 0 Å². The third-order valence-electron chi connectivity index (χ3n) is 2.76. The van der Waals surface area contributed by atoms with Crippen LogP contribution in [0.5, 0.6) is 5.75 Å². The lowest BCUT2D eigenvalue weighted by molar-refractivity contribution is 0.304. The molecule has 2 aromatic carbocycles. The summed E-state index contributed by atoms with van der Waals surface area (Å²) >= 11 is 0. The second-order valence-electron chi connectivity index (χ2n) is 4.16. The van der Waals surface area contributed by atoms with Crippen molar-refractivity contribution >= 4 is 0 Å². The fraction of sp³-hybridized carbons (Fsp3) is 0.118. The van der Waals surface area contributed by atoms with Crippen molar-refractivity contribution in [1.82, 2.24) is 0 Å². The Bertz CT molecular complexity index is 738. The van der Waals surface area contributed by atoms with Gasteiger partial charge < -0.3 is 9.84 Å². The number of aliphatic hydroxyl groups excluding tert-OH is 1. The van der Waals surface area contributed by atoms with Crippen molar-refractivity contribution in [3.05, 3.63) is 65.0 Å². The van der Waals surface area contributed by atoms with Crippen LogP contribution in [-0.4, -0.2) is 11.7 Å². The van der Waals surface area contributed by atoms with E-state index >= 15 is 0 Å². The van der Waals surface area contributed by atoms with Crippen LogP contribution in [0.2, 0.25) is 0 Å². The molecule has 0 saturated heterocycles. The van der Waals surface area contributed by atoms with Gasteiger partial charge in [-0.15, -0.1) is 0 Å². The van der Waals surface area contributed by atoms with Crippen LogP contribution in [-0.2, 0) is 6.61 Å². The summed E-state index contributed by atoms with van der Waals surface area (Å²) in [6.07, 6.45) is 0. The van der Waals surface area contributed by atoms with Crippen LogP contribution >= 0.6 is 0 Å². The molecule has 0 saturated carbocycles. The minimum atomic E-state index is -0.416. The van der Waals surface area contributed by atoms with Crippen LogP contribution in [0.3, 0.4) is 0 Å². The summed E-state index contributed by atoms with van der Waals surface area (Å²) in [5.41, 5.74) is 1.47. The van der Waals surface area contributed by atoms with Gasteiger partial charge in [-0.25, -0.2) is 4.39 Å². The van der Waals surface area contributed by atoms with E-state index in [1.165, 1.54) is 18.2 Å². The van der Waals surface area contributed by atoms with E-state index < -0.39 is 5.82 Å². The van der Waals surface area contributed by atoms with E-state index in [2.05, 4.69) is 11.8 Å². The van der Waals surface area contributed by atoms with Gasteiger partial charge in [0.1, 0.15) is 24.8 Å². The molecule has 0 atom stereocenters. The molecule has 21 heavy (non-hydrogen) atoms. The topological polar surface area (TPSA) is 53.2 Å². The van der Waals surface area contributed by atoms with Crippen molar-refractivity contribution in [2.24, 2.45) is 0 Å². The molecule has 2 aromatic rings. The second-order valence-corrected chi connectivity index (χ2v) is 4.16. The number of para-hydroxylation sites is 1. The van der Waals surface area contributed by atoms with E-state index in [1.807, 2.05) is 6.07 Å². The molecule has 0 spiro atoms. The Balaban J connectivity index is 2.21. The standard InChI is InChI=1S/C17H12FNO2/c18-16-8-7-14(11-19)15(10-16)12-21-17-6-2-1-4-13(17)5-3-9-20/h1-2,4,6-8,10,20H,9,12H2. The zero-order chi connectivity index (χ0) is 15.1. The molecular weight excluding hydrogens is 269 g/mol. The first-order valence-corrected chi connectivity index (χ1v) is 6.24. The van der Waals surface area contributed by atoms with Crippen LogP contribution < -0.4 is 4.74 Å². The minimum absolute atomic E-state index is 0.0679. The number of hydrogen-bond donors (Lipinski definition) is 1. The average Bonchev–Trinajstić information content (AvgIpc) is 2.52. The SMILES string of the molecule is N#Cc1ccc(F)cc1COc1ccccc1C#CCO. The summed E-state index contributed by atoms with van der Waals surface area (Å²) in [5.74, 6) is 5.43. The van der Waals surface area contributed by atoms with E-state index in [1.54, 1.807) is 24.3 Å². The zero-order valence-corrected chi connectivity index (χ0v) is 11.1. The molecule has 4 heteroatoms. The fourth-order valence-corrected chi connectivity index (χ4v) is 1.78. The zero-order valence-electron chi connectivity index (χ0n) is 11.1.